The molecule has 0 unspecified atom stereocenters. The van der Waals surface area contributed by atoms with Crippen molar-refractivity contribution in [2.24, 2.45) is 0 Å². The van der Waals surface area contributed by atoms with Crippen molar-refractivity contribution in [3.63, 3.8) is 0 Å². The first kappa shape index (κ1) is 12.6. The molecule has 0 amide bonds. The second kappa shape index (κ2) is 5.26. The minimum Gasteiger partial charge on any atom is -0.398 e. The summed E-state index contributed by atoms with van der Waals surface area (Å²) in [6, 6.07) is 11.3. The normalized spacial score (nSPS) is 10.6. The van der Waals surface area contributed by atoms with Gasteiger partial charge in [0.05, 0.1) is 4.88 Å². The number of hydrogen-bond donors (Lipinski definition) is 2. The molecule has 3 N–H and O–H groups in total. The van der Waals surface area contributed by atoms with Crippen LogP contribution in [0.2, 0.25) is 0 Å². The molecule has 2 aromatic heterocycles. The largest absolute Gasteiger partial charge is 0.398 e. The number of aromatic nitrogens is 3. The van der Waals surface area contributed by atoms with Gasteiger partial charge in [0.15, 0.2) is 5.82 Å². The third-order valence-corrected chi connectivity index (χ3v) is 3.79. The summed E-state index contributed by atoms with van der Waals surface area (Å²) in [6.07, 6.45) is 0.392. The van der Waals surface area contributed by atoms with E-state index >= 15 is 0 Å². The van der Waals surface area contributed by atoms with Crippen molar-refractivity contribution in [1.29, 1.82) is 0 Å². The van der Waals surface area contributed by atoms with Crippen LogP contribution >= 0.6 is 11.3 Å². The van der Waals surface area contributed by atoms with E-state index in [0.717, 1.165) is 10.4 Å². The van der Waals surface area contributed by atoms with Crippen molar-refractivity contribution in [1.82, 2.24) is 15.2 Å². The zero-order valence-electron chi connectivity index (χ0n) is 10.5. The number of thiophene rings is 1. The van der Waals surface area contributed by atoms with Gasteiger partial charge in [-0.1, -0.05) is 24.3 Å². The molecule has 6 heteroatoms. The molecule has 0 aliphatic rings. The molecule has 100 valence electrons. The number of benzene rings is 1. The van der Waals surface area contributed by atoms with Crippen LogP contribution in [0.1, 0.15) is 11.3 Å². The van der Waals surface area contributed by atoms with Crippen LogP contribution in [-0.4, -0.2) is 15.2 Å². The lowest BCUT2D eigenvalue weighted by atomic mass is 10.1. The lowest BCUT2D eigenvalue weighted by Crippen LogP contribution is -2.18. The average molecular weight is 284 g/mol. The van der Waals surface area contributed by atoms with Gasteiger partial charge in [-0.05, 0) is 23.1 Å². The van der Waals surface area contributed by atoms with Crippen LogP contribution in [0.4, 0.5) is 5.69 Å². The topological polar surface area (TPSA) is 84.7 Å². The van der Waals surface area contributed by atoms with Crippen molar-refractivity contribution >= 4 is 17.0 Å². The molecule has 0 bridgehead atoms. The Morgan fingerprint density at radius 2 is 2.05 bits per heavy atom. The zero-order valence-corrected chi connectivity index (χ0v) is 11.4. The Hall–Kier alpha value is -2.47. The molecule has 0 spiro atoms. The van der Waals surface area contributed by atoms with E-state index in [9.17, 15) is 4.79 Å². The van der Waals surface area contributed by atoms with E-state index in [2.05, 4.69) is 15.2 Å². The molecule has 3 aromatic rings. The predicted molar refractivity (Wildman–Crippen MR) is 79.6 cm³/mol. The molecule has 0 fully saturated rings. The summed E-state index contributed by atoms with van der Waals surface area (Å²) in [4.78, 5) is 17.1. The summed E-state index contributed by atoms with van der Waals surface area (Å²) in [5, 5.41) is 8.41. The Balaban J connectivity index is 2.00. The summed E-state index contributed by atoms with van der Waals surface area (Å²) < 4.78 is 0. The molecular weight excluding hydrogens is 272 g/mol. The van der Waals surface area contributed by atoms with E-state index in [4.69, 9.17) is 5.73 Å². The molecule has 5 nitrogen and oxygen atoms in total. The van der Waals surface area contributed by atoms with Crippen LogP contribution in [-0.2, 0) is 6.42 Å². The van der Waals surface area contributed by atoms with E-state index in [1.165, 1.54) is 11.3 Å². The van der Waals surface area contributed by atoms with Gasteiger partial charge in [0.2, 0.25) is 0 Å². The lowest BCUT2D eigenvalue weighted by molar-refractivity contribution is 0.886. The Kier molecular flexibility index (Phi) is 3.30. The molecule has 0 aliphatic heterocycles. The highest BCUT2D eigenvalue weighted by atomic mass is 32.1. The second-order valence-corrected chi connectivity index (χ2v) is 5.24. The molecule has 20 heavy (non-hydrogen) atoms. The smallest absolute Gasteiger partial charge is 0.286 e. The minimum absolute atomic E-state index is 0.284. The van der Waals surface area contributed by atoms with Gasteiger partial charge in [-0.25, -0.2) is 10.1 Å². The van der Waals surface area contributed by atoms with E-state index in [-0.39, 0.29) is 5.56 Å². The number of nitrogens with one attached hydrogen (secondary N) is 1. The van der Waals surface area contributed by atoms with E-state index in [1.807, 2.05) is 41.8 Å². The third kappa shape index (κ3) is 2.46. The molecule has 0 atom stereocenters. The van der Waals surface area contributed by atoms with Gasteiger partial charge in [0.1, 0.15) is 5.69 Å². The summed E-state index contributed by atoms with van der Waals surface area (Å²) in [7, 11) is 0. The van der Waals surface area contributed by atoms with E-state index < -0.39 is 0 Å². The van der Waals surface area contributed by atoms with Crippen LogP contribution in [0.15, 0.2) is 46.6 Å². The van der Waals surface area contributed by atoms with Crippen molar-refractivity contribution < 1.29 is 0 Å². The maximum Gasteiger partial charge on any atom is 0.286 e. The molecule has 0 saturated heterocycles. The van der Waals surface area contributed by atoms with Gasteiger partial charge in [0, 0.05) is 12.1 Å². The number of nitrogens with two attached hydrogens (primary N) is 1. The standard InChI is InChI=1S/C14H12N4OS/c15-10-5-2-1-4-9(10)8-11-14(19)18-17-13(16-11)12-6-3-7-20-12/h1-7H,8,15H2,(H,18,19). The van der Waals surface area contributed by atoms with Crippen LogP contribution in [0.5, 0.6) is 0 Å². The minimum atomic E-state index is -0.284. The monoisotopic (exact) mass is 284 g/mol. The number of nitrogen functional groups attached to an aromatic ring is 1. The zero-order chi connectivity index (χ0) is 13.9. The van der Waals surface area contributed by atoms with Gasteiger partial charge >= 0.3 is 0 Å². The number of aromatic amines is 1. The quantitative estimate of drug-likeness (QED) is 0.721. The van der Waals surface area contributed by atoms with Crippen LogP contribution < -0.4 is 11.3 Å². The Morgan fingerprint density at radius 3 is 2.80 bits per heavy atom. The number of nitrogens with zero attached hydrogens (tertiary/aromatic N) is 2. The van der Waals surface area contributed by atoms with Crippen molar-refractivity contribution in [2.75, 3.05) is 5.73 Å². The Bertz CT molecular complexity index is 780. The number of rotatable bonds is 3. The fraction of sp³-hybridized carbons (Fsp3) is 0.0714. The van der Waals surface area contributed by atoms with Crippen LogP contribution in [0.3, 0.4) is 0 Å². The first-order valence-electron chi connectivity index (χ1n) is 6.07. The summed E-state index contributed by atoms with van der Waals surface area (Å²) in [6.45, 7) is 0. The predicted octanol–water partition coefficient (Wildman–Crippen LogP) is 2.07. The SMILES string of the molecule is Nc1ccccc1Cc1nc(-c2cccs2)n[nH]c1=O. The number of para-hydroxylation sites is 1. The fourth-order valence-corrected chi connectivity index (χ4v) is 2.54. The first-order valence-corrected chi connectivity index (χ1v) is 6.95. The number of anilines is 1. The van der Waals surface area contributed by atoms with Gasteiger partial charge in [-0.15, -0.1) is 11.3 Å². The Labute approximate surface area is 119 Å². The highest BCUT2D eigenvalue weighted by Gasteiger charge is 2.10. The highest BCUT2D eigenvalue weighted by molar-refractivity contribution is 7.13. The van der Waals surface area contributed by atoms with Gasteiger partial charge in [-0.2, -0.15) is 5.10 Å². The molecule has 3 rings (SSSR count). The summed E-state index contributed by atoms with van der Waals surface area (Å²) >= 11 is 1.53. The van der Waals surface area contributed by atoms with E-state index in [1.54, 1.807) is 0 Å². The van der Waals surface area contributed by atoms with Gasteiger partial charge in [-0.3, -0.25) is 4.79 Å². The van der Waals surface area contributed by atoms with E-state index in [0.29, 0.717) is 23.6 Å². The summed E-state index contributed by atoms with van der Waals surface area (Å²) in [5.41, 5.74) is 7.57. The average Bonchev–Trinajstić information content (AvgIpc) is 2.98. The molecule has 0 aliphatic carbocycles. The maximum atomic E-state index is 11.8. The van der Waals surface area contributed by atoms with Crippen LogP contribution in [0, 0.1) is 0 Å². The number of hydrogen-bond acceptors (Lipinski definition) is 5. The molecule has 0 radical (unpaired) electrons. The van der Waals surface area contributed by atoms with Gasteiger partial charge in [0.25, 0.3) is 5.56 Å². The second-order valence-electron chi connectivity index (χ2n) is 4.29. The third-order valence-electron chi connectivity index (χ3n) is 2.92. The Morgan fingerprint density at radius 1 is 1.20 bits per heavy atom. The number of H-pyrrole nitrogens is 1. The first-order chi connectivity index (χ1) is 9.74. The van der Waals surface area contributed by atoms with Crippen LogP contribution in [0.25, 0.3) is 10.7 Å². The molecular formula is C14H12N4OS. The van der Waals surface area contributed by atoms with Crippen molar-refractivity contribution in [2.45, 2.75) is 6.42 Å². The molecule has 0 saturated carbocycles. The molecule has 1 aromatic carbocycles. The summed E-state index contributed by atoms with van der Waals surface area (Å²) in [5.74, 6) is 0.532. The van der Waals surface area contributed by atoms with Crippen molar-refractivity contribution in [3.8, 4) is 10.7 Å². The maximum absolute atomic E-state index is 11.8. The van der Waals surface area contributed by atoms with Crippen molar-refractivity contribution in [3.05, 3.63) is 63.4 Å². The lowest BCUT2D eigenvalue weighted by Gasteiger charge is -2.04. The molecule has 2 heterocycles. The van der Waals surface area contributed by atoms with Gasteiger partial charge < -0.3 is 5.73 Å². The highest BCUT2D eigenvalue weighted by Crippen LogP contribution is 2.20. The fourth-order valence-electron chi connectivity index (χ4n) is 1.88.